The monoisotopic (exact) mass is 302 g/mol. The van der Waals surface area contributed by atoms with Gasteiger partial charge in [0, 0.05) is 25.0 Å². The standard InChI is InChI=1S/C19H34N.CN/c1-3-5-6-7-8-9-10-11-13-17-20-18-14-12-16-19(20)15-4-2;1-2/h12,14,16,18H,3-11,13,15,17H2,1-2H3;/q+1;-1. The van der Waals surface area contributed by atoms with Crippen LogP contribution in [0.25, 0.3) is 0 Å². The predicted molar refractivity (Wildman–Crippen MR) is 92.8 cm³/mol. The maximum atomic E-state index is 6.25. The third kappa shape index (κ3) is 10.4. The fraction of sp³-hybridized carbons (Fsp3) is 0.700. The smallest absolute Gasteiger partial charge is 0.181 e. The lowest BCUT2D eigenvalue weighted by Gasteiger charge is -2.03. The van der Waals surface area contributed by atoms with Gasteiger partial charge in [-0.05, 0) is 12.8 Å². The van der Waals surface area contributed by atoms with Crippen LogP contribution in [0.4, 0.5) is 0 Å². The normalized spacial score (nSPS) is 10.0. The molecule has 1 aromatic heterocycles. The predicted octanol–water partition coefficient (Wildman–Crippen LogP) is 5.55. The summed E-state index contributed by atoms with van der Waals surface area (Å²) in [4.78, 5) is 0. The van der Waals surface area contributed by atoms with Gasteiger partial charge in [-0.25, -0.2) is 4.57 Å². The second-order valence-corrected chi connectivity index (χ2v) is 5.96. The van der Waals surface area contributed by atoms with Gasteiger partial charge in [0.2, 0.25) is 0 Å². The van der Waals surface area contributed by atoms with E-state index in [-0.39, 0.29) is 0 Å². The average molecular weight is 303 g/mol. The van der Waals surface area contributed by atoms with Crippen molar-refractivity contribution in [2.75, 3.05) is 0 Å². The molecule has 0 atom stereocenters. The van der Waals surface area contributed by atoms with Gasteiger partial charge >= 0.3 is 0 Å². The molecule has 0 spiro atoms. The molecule has 22 heavy (non-hydrogen) atoms. The lowest BCUT2D eigenvalue weighted by molar-refractivity contribution is -0.704. The molecule has 1 heterocycles. The highest BCUT2D eigenvalue weighted by molar-refractivity contribution is 4.97. The van der Waals surface area contributed by atoms with E-state index in [4.69, 9.17) is 11.8 Å². The first-order valence-electron chi connectivity index (χ1n) is 9.08. The summed E-state index contributed by atoms with van der Waals surface area (Å²) in [6.07, 6.45) is 17.4. The molecule has 0 radical (unpaired) electrons. The Kier molecular flexibility index (Phi) is 15.0. The molecule has 0 aliphatic heterocycles. The van der Waals surface area contributed by atoms with Gasteiger partial charge in [0.1, 0.15) is 6.54 Å². The third-order valence-corrected chi connectivity index (χ3v) is 4.04. The topological polar surface area (TPSA) is 27.7 Å². The van der Waals surface area contributed by atoms with Gasteiger partial charge < -0.3 is 11.8 Å². The van der Waals surface area contributed by atoms with E-state index in [1.165, 1.54) is 82.9 Å². The van der Waals surface area contributed by atoms with Crippen LogP contribution in [0, 0.1) is 11.8 Å². The molecule has 0 aromatic carbocycles. The Labute approximate surface area is 138 Å². The summed E-state index contributed by atoms with van der Waals surface area (Å²) in [7, 11) is 0. The molecule has 0 fully saturated rings. The SMILES string of the molecule is CCCCCCCCCCC[n+]1ccccc1CCC.[C-]#N. The second kappa shape index (κ2) is 16.0. The van der Waals surface area contributed by atoms with Gasteiger partial charge in [0.05, 0.1) is 0 Å². The minimum atomic E-state index is 1.20. The summed E-state index contributed by atoms with van der Waals surface area (Å²) in [6.45, 7) is 10.5. The Balaban J connectivity index is 0.00000211. The number of unbranched alkanes of at least 4 members (excludes halogenated alkanes) is 8. The van der Waals surface area contributed by atoms with Crippen LogP contribution in [0.3, 0.4) is 0 Å². The van der Waals surface area contributed by atoms with Gasteiger partial charge in [0.15, 0.2) is 11.9 Å². The Morgan fingerprint density at radius 2 is 1.41 bits per heavy atom. The molecule has 0 unspecified atom stereocenters. The first kappa shape index (κ1) is 20.6. The fourth-order valence-electron chi connectivity index (χ4n) is 2.81. The van der Waals surface area contributed by atoms with E-state index >= 15 is 0 Å². The maximum absolute atomic E-state index is 6.25. The van der Waals surface area contributed by atoms with Crippen molar-refractivity contribution in [3.8, 4) is 0 Å². The Hall–Kier alpha value is -1.36. The number of pyridine rings is 1. The minimum Gasteiger partial charge on any atom is -0.512 e. The zero-order valence-electron chi connectivity index (χ0n) is 14.7. The maximum Gasteiger partial charge on any atom is 0.181 e. The molecule has 0 bridgehead atoms. The van der Waals surface area contributed by atoms with Crippen LogP contribution < -0.4 is 4.57 Å². The van der Waals surface area contributed by atoms with Crippen molar-refractivity contribution in [1.82, 2.24) is 0 Å². The Bertz CT molecular complexity index is 371. The summed E-state index contributed by atoms with van der Waals surface area (Å²) >= 11 is 0. The summed E-state index contributed by atoms with van der Waals surface area (Å²) in [5.41, 5.74) is 1.49. The number of hydrogen-bond donors (Lipinski definition) is 0. The van der Waals surface area contributed by atoms with Crippen LogP contribution in [0.2, 0.25) is 0 Å². The lowest BCUT2D eigenvalue weighted by atomic mass is 10.1. The largest absolute Gasteiger partial charge is 0.512 e. The molecular formula is C20H34N2. The molecule has 2 heteroatoms. The summed E-state index contributed by atoms with van der Waals surface area (Å²) < 4.78 is 2.45. The van der Waals surface area contributed by atoms with E-state index in [1.807, 2.05) is 0 Å². The van der Waals surface area contributed by atoms with Crippen LogP contribution in [0.5, 0.6) is 0 Å². The van der Waals surface area contributed by atoms with E-state index in [0.717, 1.165) is 0 Å². The highest BCUT2D eigenvalue weighted by atomic mass is 14.9. The van der Waals surface area contributed by atoms with Crippen molar-refractivity contribution < 1.29 is 4.57 Å². The molecule has 0 aliphatic rings. The molecule has 0 saturated carbocycles. The van der Waals surface area contributed by atoms with Gasteiger partial charge in [0.25, 0.3) is 0 Å². The van der Waals surface area contributed by atoms with Crippen molar-refractivity contribution in [3.63, 3.8) is 0 Å². The molecule has 124 valence electrons. The molecule has 1 aromatic rings. The quantitative estimate of drug-likeness (QED) is 0.282. The van der Waals surface area contributed by atoms with Gasteiger partial charge in [-0.1, -0.05) is 64.9 Å². The van der Waals surface area contributed by atoms with Crippen molar-refractivity contribution in [2.24, 2.45) is 0 Å². The first-order valence-corrected chi connectivity index (χ1v) is 9.08. The molecule has 2 nitrogen and oxygen atoms in total. The number of nitrogens with zero attached hydrogens (tertiary/aromatic N) is 2. The zero-order chi connectivity index (χ0) is 16.5. The van der Waals surface area contributed by atoms with Crippen LogP contribution in [0.1, 0.15) is 83.7 Å². The highest BCUT2D eigenvalue weighted by Gasteiger charge is 2.07. The van der Waals surface area contributed by atoms with Gasteiger partial charge in [-0.2, -0.15) is 0 Å². The van der Waals surface area contributed by atoms with Crippen molar-refractivity contribution >= 4 is 0 Å². The summed E-state index contributed by atoms with van der Waals surface area (Å²) in [5, 5.41) is 6.25. The number of aromatic nitrogens is 1. The lowest BCUT2D eigenvalue weighted by Crippen LogP contribution is -2.37. The van der Waals surface area contributed by atoms with Crippen LogP contribution >= 0.6 is 0 Å². The van der Waals surface area contributed by atoms with E-state index in [1.54, 1.807) is 0 Å². The van der Waals surface area contributed by atoms with E-state index in [0.29, 0.717) is 0 Å². The van der Waals surface area contributed by atoms with Crippen molar-refractivity contribution in [1.29, 1.82) is 5.26 Å². The zero-order valence-corrected chi connectivity index (χ0v) is 14.7. The fourth-order valence-corrected chi connectivity index (χ4v) is 2.81. The summed E-state index contributed by atoms with van der Waals surface area (Å²) in [6, 6.07) is 6.60. The second-order valence-electron chi connectivity index (χ2n) is 5.96. The molecular weight excluding hydrogens is 268 g/mol. The van der Waals surface area contributed by atoms with Gasteiger partial charge in [-0.15, -0.1) is 0 Å². The third-order valence-electron chi connectivity index (χ3n) is 4.04. The van der Waals surface area contributed by atoms with Gasteiger partial charge in [-0.3, -0.25) is 0 Å². The van der Waals surface area contributed by atoms with Crippen LogP contribution in [0.15, 0.2) is 24.4 Å². The molecule has 0 aliphatic carbocycles. The number of hydrogen-bond acceptors (Lipinski definition) is 1. The average Bonchev–Trinajstić information content (AvgIpc) is 2.57. The molecule has 0 saturated heterocycles. The summed E-state index contributed by atoms with van der Waals surface area (Å²) in [5.74, 6) is 0. The van der Waals surface area contributed by atoms with E-state index in [9.17, 15) is 0 Å². The van der Waals surface area contributed by atoms with Crippen molar-refractivity contribution in [3.05, 3.63) is 36.7 Å². The van der Waals surface area contributed by atoms with E-state index < -0.39 is 0 Å². The Morgan fingerprint density at radius 1 is 0.818 bits per heavy atom. The highest BCUT2D eigenvalue weighted by Crippen LogP contribution is 2.09. The number of aryl methyl sites for hydroxylation is 2. The molecule has 0 N–H and O–H groups in total. The Morgan fingerprint density at radius 3 is 2.00 bits per heavy atom. The minimum absolute atomic E-state index is 1.20. The van der Waals surface area contributed by atoms with Crippen LogP contribution in [-0.4, -0.2) is 0 Å². The molecule has 1 rings (SSSR count). The van der Waals surface area contributed by atoms with Crippen molar-refractivity contribution in [2.45, 2.75) is 91.0 Å². The number of rotatable bonds is 12. The van der Waals surface area contributed by atoms with Crippen LogP contribution in [-0.2, 0) is 13.0 Å². The first-order chi connectivity index (χ1) is 10.9. The molecule has 0 amide bonds. The van der Waals surface area contributed by atoms with E-state index in [2.05, 4.69) is 42.8 Å².